The first-order valence-electron chi connectivity index (χ1n) is 9.78. The minimum Gasteiger partial charge on any atom is -0.463 e. The van der Waals surface area contributed by atoms with E-state index in [1.807, 2.05) is 0 Å². The molecule has 0 aliphatic carbocycles. The molecule has 3 rings (SSSR count). The van der Waals surface area contributed by atoms with Crippen molar-refractivity contribution in [3.63, 3.8) is 0 Å². The summed E-state index contributed by atoms with van der Waals surface area (Å²) in [6, 6.07) is 0. The first-order valence-corrected chi connectivity index (χ1v) is 9.78. The molecule has 2 aromatic heterocycles. The van der Waals surface area contributed by atoms with Crippen molar-refractivity contribution in [2.24, 2.45) is 0 Å². The number of esters is 4. The van der Waals surface area contributed by atoms with Gasteiger partial charge in [0.05, 0.1) is 6.33 Å². The van der Waals surface area contributed by atoms with Gasteiger partial charge in [0.25, 0.3) is 0 Å². The number of ether oxygens (including phenoxy) is 5. The zero-order valence-electron chi connectivity index (χ0n) is 18.3. The Morgan fingerprint density at radius 2 is 1.67 bits per heavy atom. The van der Waals surface area contributed by atoms with Crippen molar-refractivity contribution in [1.29, 1.82) is 0 Å². The summed E-state index contributed by atoms with van der Waals surface area (Å²) >= 11 is 0. The molecule has 0 bridgehead atoms. The predicted octanol–water partition coefficient (Wildman–Crippen LogP) is -0.550. The Hall–Kier alpha value is -3.81. The van der Waals surface area contributed by atoms with Crippen molar-refractivity contribution >= 4 is 40.9 Å². The fraction of sp³-hybridized carbons (Fsp3) is 0.526. The zero-order chi connectivity index (χ0) is 24.3. The number of carbonyl (C=O) groups is 4. The molecule has 0 unspecified atom stereocenters. The molecule has 1 saturated heterocycles. The third-order valence-corrected chi connectivity index (χ3v) is 4.76. The quantitative estimate of drug-likeness (QED) is 0.406. The van der Waals surface area contributed by atoms with Crippen molar-refractivity contribution in [3.8, 4) is 0 Å². The van der Waals surface area contributed by atoms with E-state index in [0.717, 1.165) is 13.8 Å². The molecule has 14 heteroatoms. The Bertz CT molecular complexity index is 1090. The molecule has 3 heterocycles. The molecule has 1 fully saturated rings. The Labute approximate surface area is 187 Å². The average molecular weight is 465 g/mol. The van der Waals surface area contributed by atoms with Gasteiger partial charge >= 0.3 is 23.9 Å². The maximum absolute atomic E-state index is 12.0. The van der Waals surface area contributed by atoms with Gasteiger partial charge in [-0.2, -0.15) is 0 Å². The second-order valence-electron chi connectivity index (χ2n) is 7.23. The number of nitrogens with zero attached hydrogens (tertiary/aromatic N) is 4. The predicted molar refractivity (Wildman–Crippen MR) is 107 cm³/mol. The maximum Gasteiger partial charge on any atom is 0.303 e. The SMILES string of the molecule is CC(=O)OC[C@@H]1O[C@](COC(C)=O)(n2cnc3c(N)ncnc32)[C@@H](OC(C)=O)[C@@H]1OC(C)=O. The molecule has 0 spiro atoms. The molecule has 0 radical (unpaired) electrons. The number of carbonyl (C=O) groups excluding carboxylic acids is 4. The van der Waals surface area contributed by atoms with Gasteiger partial charge in [-0.25, -0.2) is 15.0 Å². The first-order chi connectivity index (χ1) is 15.5. The highest BCUT2D eigenvalue weighted by molar-refractivity contribution is 5.81. The van der Waals surface area contributed by atoms with E-state index in [2.05, 4.69) is 15.0 Å². The monoisotopic (exact) mass is 465 g/mol. The maximum atomic E-state index is 12.0. The minimum absolute atomic E-state index is 0.0661. The number of nitrogen functional groups attached to an aromatic ring is 1. The molecule has 2 N–H and O–H groups in total. The highest BCUT2D eigenvalue weighted by atomic mass is 16.7. The van der Waals surface area contributed by atoms with Crippen LogP contribution in [0.4, 0.5) is 5.82 Å². The Balaban J connectivity index is 2.21. The van der Waals surface area contributed by atoms with Crippen LogP contribution < -0.4 is 5.73 Å². The number of rotatable bonds is 7. The lowest BCUT2D eigenvalue weighted by Crippen LogP contribution is -2.52. The van der Waals surface area contributed by atoms with Crippen LogP contribution in [-0.2, 0) is 48.6 Å². The number of anilines is 1. The van der Waals surface area contributed by atoms with Gasteiger partial charge in [-0.15, -0.1) is 0 Å². The normalized spacial score (nSPS) is 24.3. The summed E-state index contributed by atoms with van der Waals surface area (Å²) < 4.78 is 28.8. The van der Waals surface area contributed by atoms with Gasteiger partial charge in [0.2, 0.25) is 5.72 Å². The molecule has 1 aliphatic heterocycles. The Morgan fingerprint density at radius 1 is 1.00 bits per heavy atom. The molecule has 0 amide bonds. The van der Waals surface area contributed by atoms with E-state index < -0.39 is 54.5 Å². The summed E-state index contributed by atoms with van der Waals surface area (Å²) in [5.74, 6) is -2.66. The second kappa shape index (κ2) is 9.36. The second-order valence-corrected chi connectivity index (χ2v) is 7.23. The smallest absolute Gasteiger partial charge is 0.303 e. The number of aromatic nitrogens is 4. The van der Waals surface area contributed by atoms with Crippen molar-refractivity contribution < 1.29 is 42.9 Å². The van der Waals surface area contributed by atoms with Crippen LogP contribution >= 0.6 is 0 Å². The summed E-state index contributed by atoms with van der Waals surface area (Å²) in [5, 5.41) is 0. The first kappa shape index (κ1) is 23.8. The van der Waals surface area contributed by atoms with Gasteiger partial charge in [-0.1, -0.05) is 0 Å². The van der Waals surface area contributed by atoms with Gasteiger partial charge in [-0.05, 0) is 0 Å². The van der Waals surface area contributed by atoms with Crippen LogP contribution in [0.1, 0.15) is 27.7 Å². The summed E-state index contributed by atoms with van der Waals surface area (Å²) in [5.41, 5.74) is 4.45. The highest BCUT2D eigenvalue weighted by Gasteiger charge is 2.62. The topological polar surface area (TPSA) is 184 Å². The minimum atomic E-state index is -1.81. The molecular formula is C19H23N5O9. The van der Waals surface area contributed by atoms with Crippen LogP contribution in [-0.4, -0.2) is 74.9 Å². The van der Waals surface area contributed by atoms with Gasteiger partial charge in [0.1, 0.15) is 31.2 Å². The van der Waals surface area contributed by atoms with Gasteiger partial charge in [-0.3, -0.25) is 23.7 Å². The molecule has 0 saturated carbocycles. The average Bonchev–Trinajstić information content (AvgIpc) is 3.26. The zero-order valence-corrected chi connectivity index (χ0v) is 18.3. The highest BCUT2D eigenvalue weighted by Crippen LogP contribution is 2.41. The Morgan fingerprint density at radius 3 is 2.27 bits per heavy atom. The number of nitrogens with two attached hydrogens (primary N) is 1. The van der Waals surface area contributed by atoms with Crippen molar-refractivity contribution in [2.45, 2.75) is 51.7 Å². The van der Waals surface area contributed by atoms with Crippen molar-refractivity contribution in [2.75, 3.05) is 18.9 Å². The van der Waals surface area contributed by atoms with Crippen LogP contribution in [0.3, 0.4) is 0 Å². The molecule has 2 aromatic rings. The van der Waals surface area contributed by atoms with Crippen LogP contribution in [0.15, 0.2) is 12.7 Å². The molecule has 4 atom stereocenters. The molecule has 178 valence electrons. The number of hydrogen-bond acceptors (Lipinski definition) is 13. The summed E-state index contributed by atoms with van der Waals surface area (Å²) in [4.78, 5) is 59.3. The largest absolute Gasteiger partial charge is 0.463 e. The van der Waals surface area contributed by atoms with Crippen LogP contribution in [0.2, 0.25) is 0 Å². The van der Waals surface area contributed by atoms with Crippen LogP contribution in [0.5, 0.6) is 0 Å². The lowest BCUT2D eigenvalue weighted by molar-refractivity contribution is -0.200. The van der Waals surface area contributed by atoms with E-state index in [1.54, 1.807) is 0 Å². The van der Waals surface area contributed by atoms with E-state index in [-0.39, 0.29) is 23.6 Å². The van der Waals surface area contributed by atoms with E-state index in [4.69, 9.17) is 29.4 Å². The Kier molecular flexibility index (Phi) is 6.76. The molecule has 14 nitrogen and oxygen atoms in total. The third-order valence-electron chi connectivity index (χ3n) is 4.76. The summed E-state index contributed by atoms with van der Waals surface area (Å²) in [7, 11) is 0. The van der Waals surface area contributed by atoms with E-state index in [9.17, 15) is 19.2 Å². The van der Waals surface area contributed by atoms with Crippen LogP contribution in [0.25, 0.3) is 11.2 Å². The summed E-state index contributed by atoms with van der Waals surface area (Å²) in [6.07, 6.45) is -1.22. The van der Waals surface area contributed by atoms with E-state index in [1.165, 1.54) is 31.1 Å². The molecule has 0 aromatic carbocycles. The van der Waals surface area contributed by atoms with Crippen molar-refractivity contribution in [3.05, 3.63) is 12.7 Å². The number of hydrogen-bond donors (Lipinski definition) is 1. The lowest BCUT2D eigenvalue weighted by Gasteiger charge is -2.34. The van der Waals surface area contributed by atoms with Gasteiger partial charge < -0.3 is 29.4 Å². The van der Waals surface area contributed by atoms with E-state index >= 15 is 0 Å². The fourth-order valence-electron chi connectivity index (χ4n) is 3.56. The molecule has 33 heavy (non-hydrogen) atoms. The fourth-order valence-corrected chi connectivity index (χ4v) is 3.56. The van der Waals surface area contributed by atoms with Gasteiger partial charge in [0.15, 0.2) is 23.7 Å². The van der Waals surface area contributed by atoms with E-state index in [0.29, 0.717) is 0 Å². The van der Waals surface area contributed by atoms with Crippen LogP contribution in [0, 0.1) is 0 Å². The standard InChI is InChI=1S/C19H23N5O9/c1-9(25)29-5-13-15(31-11(3)27)16(32-12(4)28)19(33-13,6-30-10(2)26)24-8-23-14-17(20)21-7-22-18(14)24/h7-8,13,15-16H,5-6H2,1-4H3,(H2,20,21,22)/t13-,15+,16-,19-/m0/s1. The van der Waals surface area contributed by atoms with Gasteiger partial charge in [0, 0.05) is 27.7 Å². The van der Waals surface area contributed by atoms with Crippen molar-refractivity contribution in [1.82, 2.24) is 19.5 Å². The molecule has 1 aliphatic rings. The third kappa shape index (κ3) is 4.84. The molecular weight excluding hydrogens is 442 g/mol. The number of fused-ring (bicyclic) bond motifs is 1. The summed E-state index contributed by atoms with van der Waals surface area (Å²) in [6.45, 7) is 3.82. The lowest BCUT2D eigenvalue weighted by atomic mass is 10.0. The number of imidazole rings is 1.